The van der Waals surface area contributed by atoms with Gasteiger partial charge >= 0.3 is 0 Å². The maximum atomic E-state index is 12.9. The summed E-state index contributed by atoms with van der Waals surface area (Å²) in [7, 11) is 1.73. The van der Waals surface area contributed by atoms with E-state index in [9.17, 15) is 13.2 Å². The summed E-state index contributed by atoms with van der Waals surface area (Å²) < 4.78 is 27.0. The molecule has 1 atom stereocenters. The Morgan fingerprint density at radius 1 is 0.839 bits per heavy atom. The summed E-state index contributed by atoms with van der Waals surface area (Å²) in [5, 5.41) is 2.95. The molecular weight excluding hydrogens is 410 g/mol. The lowest BCUT2D eigenvalue weighted by atomic mass is 10.1. The van der Waals surface area contributed by atoms with Gasteiger partial charge in [0.1, 0.15) is 0 Å². The molecule has 0 saturated carbocycles. The first-order valence-corrected chi connectivity index (χ1v) is 11.4. The second-order valence-electron chi connectivity index (χ2n) is 7.43. The number of anilines is 1. The Balaban J connectivity index is 1.70. The molecule has 0 heterocycles. The number of rotatable bonds is 8. The highest BCUT2D eigenvalue weighted by Gasteiger charge is 2.22. The van der Waals surface area contributed by atoms with Crippen LogP contribution in [0.1, 0.15) is 22.0 Å². The van der Waals surface area contributed by atoms with Gasteiger partial charge in [0.05, 0.1) is 16.6 Å². The minimum absolute atomic E-state index is 0.0318. The van der Waals surface area contributed by atoms with E-state index >= 15 is 0 Å². The number of likely N-dealkylation sites (N-methyl/N-ethyl adjacent to an activating group) is 1. The average Bonchev–Trinajstić information content (AvgIpc) is 2.79. The van der Waals surface area contributed by atoms with Crippen LogP contribution in [0.5, 0.6) is 0 Å². The van der Waals surface area contributed by atoms with Gasteiger partial charge in [-0.3, -0.25) is 9.10 Å². The smallest absolute Gasteiger partial charge is 0.264 e. The molecule has 7 heteroatoms. The minimum atomic E-state index is -3.71. The van der Waals surface area contributed by atoms with Gasteiger partial charge in [0.25, 0.3) is 15.9 Å². The van der Waals surface area contributed by atoms with Crippen LogP contribution in [-0.2, 0) is 10.0 Å². The Morgan fingerprint density at radius 2 is 1.39 bits per heavy atom. The van der Waals surface area contributed by atoms with Crippen molar-refractivity contribution in [3.05, 3.63) is 96.1 Å². The zero-order chi connectivity index (χ0) is 22.4. The van der Waals surface area contributed by atoms with Gasteiger partial charge in [-0.25, -0.2) is 8.42 Å². The highest BCUT2D eigenvalue weighted by molar-refractivity contribution is 7.92. The lowest BCUT2D eigenvalue weighted by molar-refractivity contribution is 0.0942. The van der Waals surface area contributed by atoms with E-state index in [4.69, 9.17) is 0 Å². The standard InChI is InChI=1S/C24H27N3O3S/c1-26(2)23(19-10-6-4-7-11-19)18-25-24(28)20-14-16-22(17-15-20)31(29,30)27(3)21-12-8-5-9-13-21/h4-17,23H,18H2,1-3H3,(H,25,28). The van der Waals surface area contributed by atoms with E-state index in [0.29, 0.717) is 17.8 Å². The molecule has 0 bridgehead atoms. The topological polar surface area (TPSA) is 69.7 Å². The lowest BCUT2D eigenvalue weighted by Gasteiger charge is -2.25. The summed E-state index contributed by atoms with van der Waals surface area (Å²) in [5.41, 5.74) is 2.09. The molecule has 1 N–H and O–H groups in total. The van der Waals surface area contributed by atoms with E-state index in [1.165, 1.54) is 35.6 Å². The summed E-state index contributed by atoms with van der Waals surface area (Å²) in [6.45, 7) is 0.437. The number of hydrogen-bond acceptors (Lipinski definition) is 4. The highest BCUT2D eigenvalue weighted by atomic mass is 32.2. The summed E-state index contributed by atoms with van der Waals surface area (Å²) in [6.07, 6.45) is 0. The molecule has 0 aliphatic rings. The summed E-state index contributed by atoms with van der Waals surface area (Å²) >= 11 is 0. The summed E-state index contributed by atoms with van der Waals surface area (Å²) in [4.78, 5) is 14.8. The number of para-hydroxylation sites is 1. The van der Waals surface area contributed by atoms with Crippen molar-refractivity contribution in [3.8, 4) is 0 Å². The van der Waals surface area contributed by atoms with Crippen molar-refractivity contribution in [2.24, 2.45) is 0 Å². The zero-order valence-electron chi connectivity index (χ0n) is 17.9. The Labute approximate surface area is 184 Å². The second-order valence-corrected chi connectivity index (χ2v) is 9.40. The Bertz CT molecular complexity index is 1100. The number of benzene rings is 3. The van der Waals surface area contributed by atoms with Crippen molar-refractivity contribution in [3.63, 3.8) is 0 Å². The number of nitrogens with one attached hydrogen (secondary N) is 1. The predicted molar refractivity (Wildman–Crippen MR) is 124 cm³/mol. The highest BCUT2D eigenvalue weighted by Crippen LogP contribution is 2.22. The fourth-order valence-electron chi connectivity index (χ4n) is 3.28. The van der Waals surface area contributed by atoms with Crippen molar-refractivity contribution in [1.29, 1.82) is 0 Å². The SMILES string of the molecule is CN(C)C(CNC(=O)c1ccc(S(=O)(=O)N(C)c2ccccc2)cc1)c1ccccc1. The van der Waals surface area contributed by atoms with E-state index in [1.807, 2.05) is 55.4 Å². The minimum Gasteiger partial charge on any atom is -0.350 e. The third-order valence-electron chi connectivity index (χ3n) is 5.16. The van der Waals surface area contributed by atoms with Crippen molar-refractivity contribution in [2.75, 3.05) is 32.0 Å². The number of amides is 1. The van der Waals surface area contributed by atoms with Crippen LogP contribution in [0.15, 0.2) is 89.8 Å². The first-order chi connectivity index (χ1) is 14.8. The summed E-state index contributed by atoms with van der Waals surface area (Å²) in [6, 6.07) is 24.8. The van der Waals surface area contributed by atoms with Gasteiger partial charge in [0.2, 0.25) is 0 Å². The van der Waals surface area contributed by atoms with E-state index < -0.39 is 10.0 Å². The van der Waals surface area contributed by atoms with Crippen LogP contribution in [0.2, 0.25) is 0 Å². The molecule has 6 nitrogen and oxygen atoms in total. The van der Waals surface area contributed by atoms with Crippen LogP contribution in [0.25, 0.3) is 0 Å². The second kappa shape index (κ2) is 9.76. The lowest BCUT2D eigenvalue weighted by Crippen LogP contribution is -2.34. The predicted octanol–water partition coefficient (Wildman–Crippen LogP) is 3.54. The van der Waals surface area contributed by atoms with Crippen LogP contribution >= 0.6 is 0 Å². The van der Waals surface area contributed by atoms with Crippen molar-refractivity contribution < 1.29 is 13.2 Å². The van der Waals surface area contributed by atoms with Gasteiger partial charge in [-0.05, 0) is 56.1 Å². The average molecular weight is 438 g/mol. The van der Waals surface area contributed by atoms with E-state index in [-0.39, 0.29) is 16.8 Å². The quantitative estimate of drug-likeness (QED) is 0.585. The number of carbonyl (C=O) groups excluding carboxylic acids is 1. The van der Waals surface area contributed by atoms with Gasteiger partial charge < -0.3 is 10.2 Å². The van der Waals surface area contributed by atoms with Gasteiger partial charge in [-0.15, -0.1) is 0 Å². The van der Waals surface area contributed by atoms with Crippen LogP contribution in [-0.4, -0.2) is 46.9 Å². The number of sulfonamides is 1. The van der Waals surface area contributed by atoms with Gasteiger partial charge in [-0.2, -0.15) is 0 Å². The Morgan fingerprint density at radius 3 is 1.94 bits per heavy atom. The van der Waals surface area contributed by atoms with Crippen molar-refractivity contribution in [1.82, 2.24) is 10.2 Å². The first kappa shape index (κ1) is 22.5. The van der Waals surface area contributed by atoms with Crippen LogP contribution in [0.3, 0.4) is 0 Å². The molecule has 0 aromatic heterocycles. The van der Waals surface area contributed by atoms with Gasteiger partial charge in [0.15, 0.2) is 0 Å². The summed E-state index contributed by atoms with van der Waals surface area (Å²) in [5.74, 6) is -0.247. The first-order valence-electron chi connectivity index (χ1n) is 9.94. The number of nitrogens with zero attached hydrogens (tertiary/aromatic N) is 2. The number of hydrogen-bond donors (Lipinski definition) is 1. The molecule has 0 saturated heterocycles. The molecule has 0 aliphatic carbocycles. The van der Waals surface area contributed by atoms with E-state index in [2.05, 4.69) is 5.32 Å². The molecule has 0 aliphatic heterocycles. The maximum Gasteiger partial charge on any atom is 0.264 e. The molecule has 0 radical (unpaired) electrons. The molecule has 31 heavy (non-hydrogen) atoms. The fourth-order valence-corrected chi connectivity index (χ4v) is 4.47. The van der Waals surface area contributed by atoms with E-state index in [1.54, 1.807) is 24.3 Å². The third-order valence-corrected chi connectivity index (χ3v) is 6.96. The van der Waals surface area contributed by atoms with Crippen LogP contribution < -0.4 is 9.62 Å². The molecule has 3 rings (SSSR count). The number of carbonyl (C=O) groups is 1. The normalized spacial score (nSPS) is 12.4. The monoisotopic (exact) mass is 437 g/mol. The molecular formula is C24H27N3O3S. The molecule has 3 aromatic rings. The molecule has 0 spiro atoms. The molecule has 1 unspecified atom stereocenters. The third kappa shape index (κ3) is 5.31. The van der Waals surface area contributed by atoms with Crippen LogP contribution in [0, 0.1) is 0 Å². The van der Waals surface area contributed by atoms with E-state index in [0.717, 1.165) is 5.56 Å². The largest absolute Gasteiger partial charge is 0.350 e. The maximum absolute atomic E-state index is 12.9. The molecule has 162 valence electrons. The van der Waals surface area contributed by atoms with Crippen LogP contribution in [0.4, 0.5) is 5.69 Å². The Hall–Kier alpha value is -3.16. The fraction of sp³-hybridized carbons (Fsp3) is 0.208. The molecule has 3 aromatic carbocycles. The Kier molecular flexibility index (Phi) is 7.09. The zero-order valence-corrected chi connectivity index (χ0v) is 18.7. The molecule has 1 amide bonds. The van der Waals surface area contributed by atoms with Crippen molar-refractivity contribution in [2.45, 2.75) is 10.9 Å². The van der Waals surface area contributed by atoms with Crippen molar-refractivity contribution >= 4 is 21.6 Å². The van der Waals surface area contributed by atoms with Gasteiger partial charge in [0, 0.05) is 19.2 Å². The molecule has 0 fully saturated rings. The van der Waals surface area contributed by atoms with Gasteiger partial charge in [-0.1, -0.05) is 48.5 Å².